The Morgan fingerprint density at radius 3 is 2.84 bits per heavy atom. The van der Waals surface area contributed by atoms with Gasteiger partial charge in [-0.25, -0.2) is 4.98 Å². The highest BCUT2D eigenvalue weighted by atomic mass is 16.3. The van der Waals surface area contributed by atoms with Crippen LogP contribution in [0.2, 0.25) is 0 Å². The van der Waals surface area contributed by atoms with Crippen LogP contribution in [0, 0.1) is 17.2 Å². The molecule has 0 spiro atoms. The Hall–Kier alpha value is -2.02. The Kier molecular flexibility index (Phi) is 3.12. The van der Waals surface area contributed by atoms with E-state index in [4.69, 9.17) is 9.68 Å². The summed E-state index contributed by atoms with van der Waals surface area (Å²) in [7, 11) is 2.12. The quantitative estimate of drug-likeness (QED) is 0.825. The van der Waals surface area contributed by atoms with Crippen molar-refractivity contribution in [2.75, 3.05) is 11.9 Å². The number of fused-ring (bicyclic) bond motifs is 1. The minimum atomic E-state index is 0.251. The molecule has 0 saturated heterocycles. The maximum Gasteiger partial charge on any atom is 0.181 e. The van der Waals surface area contributed by atoms with Crippen LogP contribution in [0.15, 0.2) is 29.0 Å². The van der Waals surface area contributed by atoms with Gasteiger partial charge in [0.15, 0.2) is 12.0 Å². The molecule has 0 N–H and O–H groups in total. The fourth-order valence-electron chi connectivity index (χ4n) is 2.87. The number of nitrogens with zero attached hydrogens (tertiary/aromatic N) is 3. The van der Waals surface area contributed by atoms with Crippen molar-refractivity contribution in [3.8, 4) is 6.07 Å². The van der Waals surface area contributed by atoms with E-state index < -0.39 is 0 Å². The Labute approximate surface area is 112 Å². The minimum absolute atomic E-state index is 0.251. The molecule has 4 heteroatoms. The van der Waals surface area contributed by atoms with E-state index in [1.165, 1.54) is 6.39 Å². The topological polar surface area (TPSA) is 53.1 Å². The summed E-state index contributed by atoms with van der Waals surface area (Å²) in [5.74, 6) is 0.251. The fourth-order valence-corrected chi connectivity index (χ4v) is 2.87. The van der Waals surface area contributed by atoms with Crippen LogP contribution >= 0.6 is 0 Å². The van der Waals surface area contributed by atoms with Crippen molar-refractivity contribution in [2.24, 2.45) is 5.92 Å². The highest BCUT2D eigenvalue weighted by Gasteiger charge is 2.24. The number of oxazole rings is 1. The first-order valence-electron chi connectivity index (χ1n) is 6.73. The molecule has 1 aliphatic carbocycles. The van der Waals surface area contributed by atoms with Crippen molar-refractivity contribution in [3.63, 3.8) is 0 Å². The van der Waals surface area contributed by atoms with Crippen LogP contribution < -0.4 is 4.90 Å². The van der Waals surface area contributed by atoms with Gasteiger partial charge < -0.3 is 9.32 Å². The first-order valence-corrected chi connectivity index (χ1v) is 6.73. The van der Waals surface area contributed by atoms with E-state index >= 15 is 0 Å². The molecule has 0 atom stereocenters. The monoisotopic (exact) mass is 255 g/mol. The molecule has 1 saturated carbocycles. The molecule has 0 amide bonds. The second-order valence-electron chi connectivity index (χ2n) is 5.25. The molecule has 1 aromatic heterocycles. The second kappa shape index (κ2) is 4.93. The molecule has 0 aliphatic heterocycles. The van der Waals surface area contributed by atoms with Gasteiger partial charge in [0.1, 0.15) is 5.52 Å². The summed E-state index contributed by atoms with van der Waals surface area (Å²) in [5, 5.41) is 8.94. The maximum absolute atomic E-state index is 8.94. The van der Waals surface area contributed by atoms with E-state index in [9.17, 15) is 0 Å². The third-order valence-corrected chi connectivity index (χ3v) is 4.15. The largest absolute Gasteiger partial charge is 0.443 e. The highest BCUT2D eigenvalue weighted by molar-refractivity contribution is 5.77. The number of rotatable bonds is 2. The standard InChI is InChI=1S/C15H17N3O/c1-18(12-4-2-11(9-16)3-5-12)13-6-7-14-15(8-13)19-10-17-14/h6-8,10-12H,2-5H2,1H3. The van der Waals surface area contributed by atoms with Gasteiger partial charge >= 0.3 is 0 Å². The van der Waals surface area contributed by atoms with Gasteiger partial charge in [0.2, 0.25) is 0 Å². The van der Waals surface area contributed by atoms with Crippen LogP contribution in [0.4, 0.5) is 5.69 Å². The molecular formula is C15H17N3O. The fraction of sp³-hybridized carbons (Fsp3) is 0.467. The Morgan fingerprint density at radius 1 is 1.32 bits per heavy atom. The van der Waals surface area contributed by atoms with Gasteiger partial charge in [0, 0.05) is 30.8 Å². The molecule has 4 nitrogen and oxygen atoms in total. The molecule has 0 bridgehead atoms. The summed E-state index contributed by atoms with van der Waals surface area (Å²) in [4.78, 5) is 6.43. The number of hydrogen-bond donors (Lipinski definition) is 0. The molecule has 2 aromatic rings. The zero-order valence-corrected chi connectivity index (χ0v) is 11.0. The number of hydrogen-bond acceptors (Lipinski definition) is 4. The molecular weight excluding hydrogens is 238 g/mol. The van der Waals surface area contributed by atoms with Gasteiger partial charge in [0.25, 0.3) is 0 Å². The number of aromatic nitrogens is 1. The lowest BCUT2D eigenvalue weighted by Gasteiger charge is -2.34. The lowest BCUT2D eigenvalue weighted by atomic mass is 9.86. The molecule has 0 unspecified atom stereocenters. The average Bonchev–Trinajstić information content (AvgIpc) is 2.94. The number of benzene rings is 1. The van der Waals surface area contributed by atoms with Crippen LogP contribution in [0.5, 0.6) is 0 Å². The summed E-state index contributed by atoms with van der Waals surface area (Å²) in [6.45, 7) is 0. The van der Waals surface area contributed by atoms with Crippen molar-refractivity contribution in [3.05, 3.63) is 24.6 Å². The van der Waals surface area contributed by atoms with E-state index in [2.05, 4.69) is 29.1 Å². The predicted octanol–water partition coefficient (Wildman–Crippen LogP) is 3.35. The molecule has 1 aliphatic rings. The van der Waals surface area contributed by atoms with Crippen LogP contribution in [0.3, 0.4) is 0 Å². The van der Waals surface area contributed by atoms with Crippen LogP contribution in [0.1, 0.15) is 25.7 Å². The van der Waals surface area contributed by atoms with E-state index in [1.807, 2.05) is 12.1 Å². The minimum Gasteiger partial charge on any atom is -0.443 e. The van der Waals surface area contributed by atoms with Gasteiger partial charge in [-0.2, -0.15) is 5.26 Å². The van der Waals surface area contributed by atoms with Crippen molar-refractivity contribution in [2.45, 2.75) is 31.7 Å². The van der Waals surface area contributed by atoms with Gasteiger partial charge in [-0.05, 0) is 37.8 Å². The molecule has 98 valence electrons. The first kappa shape index (κ1) is 12.0. The maximum atomic E-state index is 8.94. The van der Waals surface area contributed by atoms with E-state index in [0.29, 0.717) is 6.04 Å². The second-order valence-corrected chi connectivity index (χ2v) is 5.25. The summed E-state index contributed by atoms with van der Waals surface area (Å²) in [6, 6.07) is 9.02. The van der Waals surface area contributed by atoms with Crippen LogP contribution in [-0.4, -0.2) is 18.1 Å². The number of anilines is 1. The lowest BCUT2D eigenvalue weighted by molar-refractivity contribution is 0.372. The SMILES string of the molecule is CN(c1ccc2ncoc2c1)C1CCC(C#N)CC1. The summed E-state index contributed by atoms with van der Waals surface area (Å²) in [5.41, 5.74) is 2.88. The van der Waals surface area contributed by atoms with E-state index in [-0.39, 0.29) is 5.92 Å². The Balaban J connectivity index is 1.76. The molecule has 0 radical (unpaired) electrons. The molecule has 1 fully saturated rings. The molecule has 1 heterocycles. The smallest absolute Gasteiger partial charge is 0.181 e. The zero-order valence-electron chi connectivity index (χ0n) is 11.0. The third kappa shape index (κ3) is 2.28. The zero-order chi connectivity index (χ0) is 13.2. The molecule has 3 rings (SSSR count). The van der Waals surface area contributed by atoms with Gasteiger partial charge in [-0.15, -0.1) is 0 Å². The average molecular weight is 255 g/mol. The molecule has 1 aromatic carbocycles. The van der Waals surface area contributed by atoms with Crippen LogP contribution in [-0.2, 0) is 0 Å². The predicted molar refractivity (Wildman–Crippen MR) is 73.8 cm³/mol. The Bertz CT molecular complexity index is 605. The van der Waals surface area contributed by atoms with Gasteiger partial charge in [-0.1, -0.05) is 0 Å². The normalized spacial score (nSPS) is 23.2. The van der Waals surface area contributed by atoms with Gasteiger partial charge in [0.05, 0.1) is 6.07 Å². The molecule has 19 heavy (non-hydrogen) atoms. The first-order chi connectivity index (χ1) is 9.28. The third-order valence-electron chi connectivity index (χ3n) is 4.15. The lowest BCUT2D eigenvalue weighted by Crippen LogP contribution is -2.34. The van der Waals surface area contributed by atoms with Crippen molar-refractivity contribution < 1.29 is 4.42 Å². The van der Waals surface area contributed by atoms with Crippen LogP contribution in [0.25, 0.3) is 11.1 Å². The highest BCUT2D eigenvalue weighted by Crippen LogP contribution is 2.30. The van der Waals surface area contributed by atoms with E-state index in [1.54, 1.807) is 0 Å². The summed E-state index contributed by atoms with van der Waals surface area (Å²) < 4.78 is 5.35. The number of nitriles is 1. The summed E-state index contributed by atoms with van der Waals surface area (Å²) >= 11 is 0. The van der Waals surface area contributed by atoms with Crippen molar-refractivity contribution >= 4 is 16.8 Å². The van der Waals surface area contributed by atoms with E-state index in [0.717, 1.165) is 42.5 Å². The summed E-state index contributed by atoms with van der Waals surface area (Å²) in [6.07, 6.45) is 5.67. The Morgan fingerprint density at radius 2 is 2.11 bits per heavy atom. The van der Waals surface area contributed by atoms with Crippen molar-refractivity contribution in [1.29, 1.82) is 5.26 Å². The van der Waals surface area contributed by atoms with Gasteiger partial charge in [-0.3, -0.25) is 0 Å². The van der Waals surface area contributed by atoms with Crippen molar-refractivity contribution in [1.82, 2.24) is 4.98 Å².